The summed E-state index contributed by atoms with van der Waals surface area (Å²) in [6, 6.07) is 4.73. The van der Waals surface area contributed by atoms with E-state index in [9.17, 15) is 14.7 Å². The van der Waals surface area contributed by atoms with Crippen LogP contribution in [0.4, 0.5) is 0 Å². The van der Waals surface area contributed by atoms with E-state index in [2.05, 4.69) is 31.8 Å². The summed E-state index contributed by atoms with van der Waals surface area (Å²) < 4.78 is 0.517. The SMILES string of the molecule is CCCNC(=O)C(=O)N/N=C/c1ccc(O)c(Br)c1. The van der Waals surface area contributed by atoms with Crippen molar-refractivity contribution >= 4 is 34.0 Å². The summed E-state index contributed by atoms with van der Waals surface area (Å²) in [4.78, 5) is 22.5. The summed E-state index contributed by atoms with van der Waals surface area (Å²) >= 11 is 3.16. The quantitative estimate of drug-likeness (QED) is 0.440. The second-order valence-corrected chi connectivity index (χ2v) is 4.52. The van der Waals surface area contributed by atoms with Gasteiger partial charge in [0.2, 0.25) is 0 Å². The molecule has 1 aromatic carbocycles. The van der Waals surface area contributed by atoms with Gasteiger partial charge in [-0.3, -0.25) is 9.59 Å². The Morgan fingerprint density at radius 1 is 1.42 bits per heavy atom. The predicted molar refractivity (Wildman–Crippen MR) is 74.8 cm³/mol. The molecule has 0 saturated carbocycles. The van der Waals surface area contributed by atoms with Crippen molar-refractivity contribution in [2.24, 2.45) is 5.10 Å². The monoisotopic (exact) mass is 327 g/mol. The van der Waals surface area contributed by atoms with Crippen LogP contribution < -0.4 is 10.7 Å². The van der Waals surface area contributed by atoms with Gasteiger partial charge in [-0.05, 0) is 46.1 Å². The fourth-order valence-electron chi connectivity index (χ4n) is 1.14. The van der Waals surface area contributed by atoms with Crippen LogP contribution in [0.25, 0.3) is 0 Å². The van der Waals surface area contributed by atoms with E-state index in [1.807, 2.05) is 6.92 Å². The minimum Gasteiger partial charge on any atom is -0.507 e. The lowest BCUT2D eigenvalue weighted by Crippen LogP contribution is -2.38. The van der Waals surface area contributed by atoms with Gasteiger partial charge in [0.25, 0.3) is 0 Å². The molecule has 2 amide bonds. The van der Waals surface area contributed by atoms with E-state index < -0.39 is 11.8 Å². The van der Waals surface area contributed by atoms with Crippen molar-refractivity contribution in [2.45, 2.75) is 13.3 Å². The van der Waals surface area contributed by atoms with Crippen molar-refractivity contribution in [1.82, 2.24) is 10.7 Å². The Hall–Kier alpha value is -1.89. The Kier molecular flexibility index (Phi) is 6.01. The van der Waals surface area contributed by atoms with E-state index in [4.69, 9.17) is 0 Å². The maximum Gasteiger partial charge on any atom is 0.329 e. The molecule has 0 radical (unpaired) electrons. The Bertz CT molecular complexity index is 503. The Morgan fingerprint density at radius 3 is 2.79 bits per heavy atom. The molecule has 0 heterocycles. The van der Waals surface area contributed by atoms with Crippen molar-refractivity contribution < 1.29 is 14.7 Å². The van der Waals surface area contributed by atoms with Gasteiger partial charge in [-0.15, -0.1) is 0 Å². The smallest absolute Gasteiger partial charge is 0.329 e. The number of rotatable bonds is 4. The van der Waals surface area contributed by atoms with Crippen LogP contribution in [0.1, 0.15) is 18.9 Å². The zero-order chi connectivity index (χ0) is 14.3. The Labute approximate surface area is 119 Å². The molecule has 0 spiro atoms. The van der Waals surface area contributed by atoms with Gasteiger partial charge >= 0.3 is 11.8 Å². The van der Waals surface area contributed by atoms with E-state index in [0.29, 0.717) is 16.6 Å². The highest BCUT2D eigenvalue weighted by Gasteiger charge is 2.10. The number of aromatic hydroxyl groups is 1. The van der Waals surface area contributed by atoms with Gasteiger partial charge < -0.3 is 10.4 Å². The Balaban J connectivity index is 2.51. The largest absolute Gasteiger partial charge is 0.507 e. The van der Waals surface area contributed by atoms with Gasteiger partial charge in [-0.2, -0.15) is 5.10 Å². The summed E-state index contributed by atoms with van der Waals surface area (Å²) in [6.07, 6.45) is 2.12. The molecule has 19 heavy (non-hydrogen) atoms. The molecule has 7 heteroatoms. The van der Waals surface area contributed by atoms with Crippen LogP contribution >= 0.6 is 15.9 Å². The number of nitrogens with zero attached hydrogens (tertiary/aromatic N) is 1. The van der Waals surface area contributed by atoms with Crippen LogP contribution in [0.3, 0.4) is 0 Å². The molecule has 0 saturated heterocycles. The van der Waals surface area contributed by atoms with Crippen LogP contribution in [0.5, 0.6) is 5.75 Å². The zero-order valence-corrected chi connectivity index (χ0v) is 11.9. The van der Waals surface area contributed by atoms with Crippen LogP contribution in [0, 0.1) is 0 Å². The van der Waals surface area contributed by atoms with E-state index in [1.54, 1.807) is 12.1 Å². The number of phenolic OH excluding ortho intramolecular Hbond substituents is 1. The number of carbonyl (C=O) groups is 2. The van der Waals surface area contributed by atoms with Crippen molar-refractivity contribution in [2.75, 3.05) is 6.54 Å². The molecule has 0 aliphatic heterocycles. The van der Waals surface area contributed by atoms with Gasteiger partial charge in [-0.1, -0.05) is 6.92 Å². The Morgan fingerprint density at radius 2 is 2.16 bits per heavy atom. The molecule has 0 aromatic heterocycles. The highest BCUT2D eigenvalue weighted by Crippen LogP contribution is 2.23. The normalized spacial score (nSPS) is 10.4. The van der Waals surface area contributed by atoms with Crippen molar-refractivity contribution in [1.29, 1.82) is 0 Å². The number of hydrogen-bond acceptors (Lipinski definition) is 4. The summed E-state index contributed by atoms with van der Waals surface area (Å²) in [6.45, 7) is 2.33. The number of benzene rings is 1. The van der Waals surface area contributed by atoms with Crippen LogP contribution in [0.15, 0.2) is 27.8 Å². The molecule has 0 aliphatic carbocycles. The lowest BCUT2D eigenvalue weighted by molar-refractivity contribution is -0.139. The molecule has 0 fully saturated rings. The third kappa shape index (κ3) is 5.09. The molecular formula is C12H14BrN3O3. The second kappa shape index (κ2) is 7.52. The molecule has 6 nitrogen and oxygen atoms in total. The van der Waals surface area contributed by atoms with E-state index in [1.165, 1.54) is 12.3 Å². The van der Waals surface area contributed by atoms with Crippen LogP contribution in [0.2, 0.25) is 0 Å². The lowest BCUT2D eigenvalue weighted by Gasteiger charge is -2.01. The number of hydrazone groups is 1. The average Bonchev–Trinajstić information content (AvgIpc) is 2.39. The first-order valence-corrected chi connectivity index (χ1v) is 6.43. The third-order valence-corrected chi connectivity index (χ3v) is 2.73. The number of phenols is 1. The summed E-state index contributed by atoms with van der Waals surface area (Å²) in [5.74, 6) is -1.42. The fourth-order valence-corrected chi connectivity index (χ4v) is 1.53. The fraction of sp³-hybridized carbons (Fsp3) is 0.250. The molecule has 0 atom stereocenters. The maximum atomic E-state index is 11.3. The van der Waals surface area contributed by atoms with Gasteiger partial charge in [0.15, 0.2) is 0 Å². The van der Waals surface area contributed by atoms with Gasteiger partial charge in [0.05, 0.1) is 10.7 Å². The summed E-state index contributed by atoms with van der Waals surface area (Å²) in [5, 5.41) is 15.4. The zero-order valence-electron chi connectivity index (χ0n) is 10.3. The first-order chi connectivity index (χ1) is 9.04. The molecule has 0 aliphatic rings. The van der Waals surface area contributed by atoms with E-state index >= 15 is 0 Å². The van der Waals surface area contributed by atoms with E-state index in [-0.39, 0.29) is 5.75 Å². The first-order valence-electron chi connectivity index (χ1n) is 5.64. The number of nitrogens with one attached hydrogen (secondary N) is 2. The molecule has 3 N–H and O–H groups in total. The number of amides is 2. The minimum atomic E-state index is -0.817. The van der Waals surface area contributed by atoms with Crippen molar-refractivity contribution in [3.63, 3.8) is 0 Å². The number of hydrogen-bond donors (Lipinski definition) is 3. The summed E-state index contributed by atoms with van der Waals surface area (Å²) in [7, 11) is 0. The third-order valence-electron chi connectivity index (χ3n) is 2.09. The van der Waals surface area contributed by atoms with Crippen LogP contribution in [-0.4, -0.2) is 29.7 Å². The maximum absolute atomic E-state index is 11.3. The van der Waals surface area contributed by atoms with Gasteiger partial charge in [0, 0.05) is 6.54 Å². The predicted octanol–water partition coefficient (Wildman–Crippen LogP) is 1.13. The number of halogens is 1. The number of carbonyl (C=O) groups excluding carboxylic acids is 2. The summed E-state index contributed by atoms with van der Waals surface area (Å²) in [5.41, 5.74) is 2.78. The van der Waals surface area contributed by atoms with Gasteiger partial charge in [0.1, 0.15) is 5.75 Å². The molecule has 1 rings (SSSR count). The van der Waals surface area contributed by atoms with Crippen molar-refractivity contribution in [3.8, 4) is 5.75 Å². The van der Waals surface area contributed by atoms with Crippen LogP contribution in [-0.2, 0) is 9.59 Å². The van der Waals surface area contributed by atoms with E-state index in [0.717, 1.165) is 6.42 Å². The van der Waals surface area contributed by atoms with Gasteiger partial charge in [-0.25, -0.2) is 5.43 Å². The topological polar surface area (TPSA) is 90.8 Å². The second-order valence-electron chi connectivity index (χ2n) is 3.67. The highest BCUT2D eigenvalue weighted by atomic mass is 79.9. The molecular weight excluding hydrogens is 314 g/mol. The first kappa shape index (κ1) is 15.2. The van der Waals surface area contributed by atoms with Crippen molar-refractivity contribution in [3.05, 3.63) is 28.2 Å². The highest BCUT2D eigenvalue weighted by molar-refractivity contribution is 9.10. The molecule has 1 aromatic rings. The average molecular weight is 328 g/mol. The molecule has 0 unspecified atom stereocenters. The standard InChI is InChI=1S/C12H14BrN3O3/c1-2-5-14-11(18)12(19)16-15-7-8-3-4-10(17)9(13)6-8/h3-4,6-7,17H,2,5H2,1H3,(H,14,18)(H,16,19)/b15-7+. The lowest BCUT2D eigenvalue weighted by atomic mass is 10.2. The minimum absolute atomic E-state index is 0.111. The molecule has 0 bridgehead atoms. The molecule has 102 valence electrons.